The molecule has 136 valence electrons. The molecular weight excluding hydrogens is 318 g/mol. The Labute approximate surface area is 148 Å². The summed E-state index contributed by atoms with van der Waals surface area (Å²) in [6, 6.07) is 3.79. The van der Waals surface area contributed by atoms with Gasteiger partial charge in [-0.15, -0.1) is 0 Å². The van der Waals surface area contributed by atoms with E-state index in [1.165, 1.54) is 16.7 Å². The third kappa shape index (κ3) is 3.23. The monoisotopic (exact) mass is 345 g/mol. The van der Waals surface area contributed by atoms with Gasteiger partial charge in [-0.25, -0.2) is 4.79 Å². The summed E-state index contributed by atoms with van der Waals surface area (Å²) in [6.07, 6.45) is 1.80. The Bertz CT molecular complexity index is 695. The standard InChI is InChI=1S/C19H27N3O3/c1-12-13(2)16(25-4)6-5-14(12)11-22-9-7-15(8-10-22)19(3)17(23)20-18(24)21-19/h5-6,15H,7-11H2,1-4H3,(H2,20,21,23,24)/t19-/m1/s1. The molecule has 0 unspecified atom stereocenters. The Balaban J connectivity index is 1.63. The maximum atomic E-state index is 12.1. The summed E-state index contributed by atoms with van der Waals surface area (Å²) in [5.41, 5.74) is 3.01. The molecule has 2 saturated heterocycles. The molecule has 0 bridgehead atoms. The van der Waals surface area contributed by atoms with E-state index in [-0.39, 0.29) is 17.9 Å². The first-order chi connectivity index (χ1) is 11.8. The average Bonchev–Trinajstić information content (AvgIpc) is 2.86. The van der Waals surface area contributed by atoms with Crippen molar-refractivity contribution in [2.24, 2.45) is 5.92 Å². The minimum atomic E-state index is -0.768. The van der Waals surface area contributed by atoms with Crippen molar-refractivity contribution >= 4 is 11.9 Å². The first-order valence-electron chi connectivity index (χ1n) is 8.84. The molecule has 1 aromatic carbocycles. The number of hydrogen-bond donors (Lipinski definition) is 2. The zero-order chi connectivity index (χ0) is 18.2. The Kier molecular flexibility index (Phi) is 4.73. The van der Waals surface area contributed by atoms with Gasteiger partial charge in [-0.05, 0) is 75.4 Å². The quantitative estimate of drug-likeness (QED) is 0.820. The Hall–Kier alpha value is -2.08. The summed E-state index contributed by atoms with van der Waals surface area (Å²) >= 11 is 0. The fourth-order valence-electron chi connectivity index (χ4n) is 4.00. The number of methoxy groups -OCH3 is 1. The van der Waals surface area contributed by atoms with Crippen molar-refractivity contribution in [3.05, 3.63) is 28.8 Å². The lowest BCUT2D eigenvalue weighted by atomic mass is 9.79. The number of piperidine rings is 1. The van der Waals surface area contributed by atoms with Gasteiger partial charge >= 0.3 is 6.03 Å². The maximum absolute atomic E-state index is 12.1. The number of urea groups is 1. The van der Waals surface area contributed by atoms with Crippen LogP contribution in [-0.2, 0) is 11.3 Å². The van der Waals surface area contributed by atoms with Crippen LogP contribution < -0.4 is 15.4 Å². The van der Waals surface area contributed by atoms with Crippen LogP contribution in [0.3, 0.4) is 0 Å². The number of amides is 3. The summed E-state index contributed by atoms with van der Waals surface area (Å²) in [5, 5.41) is 5.18. The number of rotatable bonds is 4. The second-order valence-electron chi connectivity index (χ2n) is 7.34. The maximum Gasteiger partial charge on any atom is 0.322 e. The Morgan fingerprint density at radius 2 is 1.88 bits per heavy atom. The van der Waals surface area contributed by atoms with Crippen molar-refractivity contribution in [1.29, 1.82) is 0 Å². The molecule has 2 N–H and O–H groups in total. The molecule has 0 saturated carbocycles. The molecule has 6 nitrogen and oxygen atoms in total. The molecular formula is C19H27N3O3. The topological polar surface area (TPSA) is 70.7 Å². The van der Waals surface area contributed by atoms with Gasteiger partial charge in [-0.2, -0.15) is 0 Å². The van der Waals surface area contributed by atoms with Gasteiger partial charge in [0.2, 0.25) is 0 Å². The zero-order valence-corrected chi connectivity index (χ0v) is 15.4. The first-order valence-corrected chi connectivity index (χ1v) is 8.84. The molecule has 3 amide bonds. The average molecular weight is 345 g/mol. The number of nitrogens with zero attached hydrogens (tertiary/aromatic N) is 1. The van der Waals surface area contributed by atoms with Gasteiger partial charge < -0.3 is 10.1 Å². The molecule has 25 heavy (non-hydrogen) atoms. The van der Waals surface area contributed by atoms with Crippen molar-refractivity contribution in [3.63, 3.8) is 0 Å². The summed E-state index contributed by atoms with van der Waals surface area (Å²) in [4.78, 5) is 26.0. The predicted octanol–water partition coefficient (Wildman–Crippen LogP) is 2.12. The molecule has 1 aromatic rings. The van der Waals surface area contributed by atoms with E-state index < -0.39 is 5.54 Å². The van der Waals surface area contributed by atoms with Crippen molar-refractivity contribution in [3.8, 4) is 5.75 Å². The van der Waals surface area contributed by atoms with E-state index in [1.807, 2.05) is 13.0 Å². The minimum absolute atomic E-state index is 0.175. The minimum Gasteiger partial charge on any atom is -0.496 e. The highest BCUT2D eigenvalue weighted by atomic mass is 16.5. The van der Waals surface area contributed by atoms with Gasteiger partial charge in [0.15, 0.2) is 0 Å². The molecule has 0 aliphatic carbocycles. The van der Waals surface area contributed by atoms with Crippen LogP contribution in [0.15, 0.2) is 12.1 Å². The molecule has 2 heterocycles. The van der Waals surface area contributed by atoms with Crippen LogP contribution in [0.2, 0.25) is 0 Å². The second-order valence-corrected chi connectivity index (χ2v) is 7.34. The van der Waals surface area contributed by atoms with Gasteiger partial charge in [0.1, 0.15) is 11.3 Å². The third-order valence-corrected chi connectivity index (χ3v) is 5.94. The van der Waals surface area contributed by atoms with Crippen LogP contribution in [0.25, 0.3) is 0 Å². The Morgan fingerprint density at radius 3 is 2.44 bits per heavy atom. The van der Waals surface area contributed by atoms with E-state index in [0.29, 0.717) is 0 Å². The molecule has 3 rings (SSSR count). The molecule has 0 spiro atoms. The molecule has 2 fully saturated rings. The summed E-state index contributed by atoms with van der Waals surface area (Å²) in [5.74, 6) is 0.905. The number of ether oxygens (including phenoxy) is 1. The van der Waals surface area contributed by atoms with Crippen LogP contribution in [0, 0.1) is 19.8 Å². The lowest BCUT2D eigenvalue weighted by Gasteiger charge is -2.38. The summed E-state index contributed by atoms with van der Waals surface area (Å²) < 4.78 is 5.39. The molecule has 2 aliphatic heterocycles. The number of hydrogen-bond acceptors (Lipinski definition) is 4. The molecule has 1 atom stereocenters. The fourth-order valence-corrected chi connectivity index (χ4v) is 4.00. The normalized spacial score (nSPS) is 25.0. The van der Waals surface area contributed by atoms with Gasteiger partial charge in [0.05, 0.1) is 7.11 Å². The highest BCUT2D eigenvalue weighted by Gasteiger charge is 2.48. The lowest BCUT2D eigenvalue weighted by Crippen LogP contribution is -2.53. The van der Waals surface area contributed by atoms with Crippen LogP contribution >= 0.6 is 0 Å². The molecule has 0 radical (unpaired) electrons. The smallest absolute Gasteiger partial charge is 0.322 e. The van der Waals surface area contributed by atoms with E-state index in [1.54, 1.807) is 7.11 Å². The largest absolute Gasteiger partial charge is 0.496 e. The fraction of sp³-hybridized carbons (Fsp3) is 0.579. The molecule has 2 aliphatic rings. The first kappa shape index (κ1) is 17.7. The molecule has 0 aromatic heterocycles. The van der Waals surface area contributed by atoms with Crippen molar-refractivity contribution in [2.75, 3.05) is 20.2 Å². The van der Waals surface area contributed by atoms with E-state index >= 15 is 0 Å². The van der Waals surface area contributed by atoms with Crippen molar-refractivity contribution in [2.45, 2.75) is 45.7 Å². The molecule has 6 heteroatoms. The van der Waals surface area contributed by atoms with Crippen LogP contribution in [-0.4, -0.2) is 42.6 Å². The van der Waals surface area contributed by atoms with Crippen molar-refractivity contribution in [1.82, 2.24) is 15.5 Å². The predicted molar refractivity (Wildman–Crippen MR) is 95.5 cm³/mol. The van der Waals surface area contributed by atoms with E-state index in [9.17, 15) is 9.59 Å². The third-order valence-electron chi connectivity index (χ3n) is 5.94. The van der Waals surface area contributed by atoms with Crippen LogP contribution in [0.4, 0.5) is 4.79 Å². The van der Waals surface area contributed by atoms with E-state index in [4.69, 9.17) is 4.74 Å². The van der Waals surface area contributed by atoms with Gasteiger partial charge in [0.25, 0.3) is 5.91 Å². The van der Waals surface area contributed by atoms with Crippen LogP contribution in [0.1, 0.15) is 36.5 Å². The number of nitrogens with one attached hydrogen (secondary N) is 2. The summed E-state index contributed by atoms with van der Waals surface area (Å²) in [6.45, 7) is 8.82. The van der Waals surface area contributed by atoms with Crippen molar-refractivity contribution < 1.29 is 14.3 Å². The van der Waals surface area contributed by atoms with Crippen LogP contribution in [0.5, 0.6) is 5.75 Å². The Morgan fingerprint density at radius 1 is 1.20 bits per heavy atom. The lowest BCUT2D eigenvalue weighted by molar-refractivity contribution is -0.125. The number of benzene rings is 1. The zero-order valence-electron chi connectivity index (χ0n) is 15.4. The number of imide groups is 1. The number of carbonyl (C=O) groups excluding carboxylic acids is 2. The number of carbonyl (C=O) groups is 2. The number of likely N-dealkylation sites (tertiary alicyclic amines) is 1. The second kappa shape index (κ2) is 6.67. The van der Waals surface area contributed by atoms with Gasteiger partial charge in [-0.1, -0.05) is 6.07 Å². The highest BCUT2D eigenvalue weighted by Crippen LogP contribution is 2.32. The van der Waals surface area contributed by atoms with Gasteiger partial charge in [-0.3, -0.25) is 15.0 Å². The van der Waals surface area contributed by atoms with Gasteiger partial charge in [0, 0.05) is 6.54 Å². The summed E-state index contributed by atoms with van der Waals surface area (Å²) in [7, 11) is 1.70. The highest BCUT2D eigenvalue weighted by molar-refractivity contribution is 6.06. The van der Waals surface area contributed by atoms with E-state index in [2.05, 4.69) is 35.4 Å². The SMILES string of the molecule is COc1ccc(CN2CCC([C@@]3(C)NC(=O)NC3=O)CC2)c(C)c1C. The van der Waals surface area contributed by atoms with E-state index in [0.717, 1.165) is 38.2 Å².